The highest BCUT2D eigenvalue weighted by molar-refractivity contribution is 6.04. The normalized spacial score (nSPS) is 18.7. The zero-order valence-corrected chi connectivity index (χ0v) is 23.1. The van der Waals surface area contributed by atoms with Gasteiger partial charge in [-0.05, 0) is 42.5 Å². The highest BCUT2D eigenvalue weighted by Gasteiger charge is 2.42. The number of benzene rings is 1. The van der Waals surface area contributed by atoms with Crippen molar-refractivity contribution in [3.63, 3.8) is 0 Å². The highest BCUT2D eigenvalue weighted by atomic mass is 19.4. The van der Waals surface area contributed by atoms with Gasteiger partial charge in [-0.15, -0.1) is 0 Å². The van der Waals surface area contributed by atoms with E-state index in [1.165, 1.54) is 12.5 Å². The summed E-state index contributed by atoms with van der Waals surface area (Å²) in [5.74, 6) is -0.319. The largest absolute Gasteiger partial charge is 0.506 e. The number of amides is 2. The van der Waals surface area contributed by atoms with Gasteiger partial charge in [0.1, 0.15) is 22.5 Å². The molecule has 1 unspecified atom stereocenters. The molecular formula is C30H28F3N7O3. The predicted molar refractivity (Wildman–Crippen MR) is 149 cm³/mol. The third-order valence-corrected chi connectivity index (χ3v) is 8.92. The average Bonchev–Trinajstić information content (AvgIpc) is 3.53. The van der Waals surface area contributed by atoms with Gasteiger partial charge >= 0.3 is 6.18 Å². The first-order chi connectivity index (χ1) is 20.7. The van der Waals surface area contributed by atoms with E-state index in [1.54, 1.807) is 20.5 Å². The molecule has 1 aromatic carbocycles. The van der Waals surface area contributed by atoms with Gasteiger partial charge in [-0.1, -0.05) is 19.1 Å². The Morgan fingerprint density at radius 2 is 1.95 bits per heavy atom. The Balaban J connectivity index is 1.31. The number of nitrogens with zero attached hydrogens (tertiary/aromatic N) is 6. The van der Waals surface area contributed by atoms with E-state index in [4.69, 9.17) is 5.10 Å². The fraction of sp³-hybridized carbons (Fsp3) is 0.367. The maximum atomic E-state index is 14.1. The van der Waals surface area contributed by atoms with Gasteiger partial charge in [0.25, 0.3) is 5.91 Å². The molecule has 13 heteroatoms. The molecule has 222 valence electrons. The number of hydrogen-bond donors (Lipinski definition) is 2. The van der Waals surface area contributed by atoms with E-state index in [-0.39, 0.29) is 41.5 Å². The lowest BCUT2D eigenvalue weighted by molar-refractivity contribution is -0.136. The molecule has 10 nitrogen and oxygen atoms in total. The number of halogens is 3. The molecule has 5 heterocycles. The van der Waals surface area contributed by atoms with Crippen LogP contribution in [-0.4, -0.2) is 71.1 Å². The van der Waals surface area contributed by atoms with Crippen molar-refractivity contribution in [3.8, 4) is 11.4 Å². The summed E-state index contributed by atoms with van der Waals surface area (Å²) >= 11 is 0. The van der Waals surface area contributed by atoms with E-state index in [1.807, 2.05) is 12.1 Å². The zero-order valence-electron chi connectivity index (χ0n) is 23.1. The third-order valence-electron chi connectivity index (χ3n) is 8.92. The molecule has 3 aromatic heterocycles. The third kappa shape index (κ3) is 4.36. The molecule has 0 bridgehead atoms. The average molecular weight is 592 g/mol. The number of phenolic OH excluding ortho intramolecular Hbond substituents is 1. The van der Waals surface area contributed by atoms with Crippen LogP contribution in [0.1, 0.15) is 69.8 Å². The van der Waals surface area contributed by atoms with Gasteiger partial charge in [-0.25, -0.2) is 14.6 Å². The smallest absolute Gasteiger partial charge is 0.420 e. The van der Waals surface area contributed by atoms with E-state index < -0.39 is 23.7 Å². The van der Waals surface area contributed by atoms with Crippen LogP contribution in [0.3, 0.4) is 0 Å². The lowest BCUT2D eigenvalue weighted by Crippen LogP contribution is -2.46. The van der Waals surface area contributed by atoms with E-state index >= 15 is 0 Å². The minimum Gasteiger partial charge on any atom is -0.506 e. The molecule has 0 saturated heterocycles. The van der Waals surface area contributed by atoms with E-state index in [0.717, 1.165) is 36.0 Å². The number of alkyl halides is 3. The van der Waals surface area contributed by atoms with Crippen molar-refractivity contribution in [1.82, 2.24) is 34.5 Å². The summed E-state index contributed by atoms with van der Waals surface area (Å²) < 4.78 is 42.5. The van der Waals surface area contributed by atoms with Crippen molar-refractivity contribution in [1.29, 1.82) is 0 Å². The van der Waals surface area contributed by atoms with Crippen LogP contribution in [0.15, 0.2) is 43.4 Å². The summed E-state index contributed by atoms with van der Waals surface area (Å²) in [6.07, 6.45) is 2.42. The fourth-order valence-corrected chi connectivity index (χ4v) is 6.52. The van der Waals surface area contributed by atoms with Crippen LogP contribution in [-0.2, 0) is 23.8 Å². The molecule has 2 aliphatic heterocycles. The number of fused-ring (bicyclic) bond motifs is 1. The molecule has 1 saturated carbocycles. The van der Waals surface area contributed by atoms with Gasteiger partial charge < -0.3 is 19.9 Å². The fourth-order valence-electron chi connectivity index (χ4n) is 6.52. The summed E-state index contributed by atoms with van der Waals surface area (Å²) in [6.45, 7) is 4.27. The van der Waals surface area contributed by atoms with Crippen LogP contribution in [0.2, 0.25) is 0 Å². The summed E-state index contributed by atoms with van der Waals surface area (Å²) in [6, 6.07) is 5.04. The van der Waals surface area contributed by atoms with Gasteiger partial charge in [-0.2, -0.15) is 18.3 Å². The number of carbonyl (C=O) groups is 2. The maximum absolute atomic E-state index is 14.1. The standard InChI is InChI=1S/C30H28F3N7O3/c1-2-24(42)38-10-8-19-25-21(40(37-19)20-7-6-17(12-23(20)41)16-4-3-5-16)9-11-39(22(25)14-38)29(43)28-27-26(35-15-36-27)18(13-34-28)30(31,32)33/h2,6-7,12-13,15-16,22,41H,1,3-5,8-11,14H2,(H,35,36). The SMILES string of the molecule is C=CC(=O)N1CCc2nn(-c3ccc(C4CCC4)cc3O)c3c2C(C1)N(C(=O)c1ncc(C(F)(F)F)c2nc[nH]c12)CC3. The first-order valence-corrected chi connectivity index (χ1v) is 14.2. The lowest BCUT2D eigenvalue weighted by atomic mass is 9.80. The molecule has 3 aliphatic rings. The van der Waals surface area contributed by atoms with Crippen LogP contribution >= 0.6 is 0 Å². The van der Waals surface area contributed by atoms with Crippen LogP contribution in [0.5, 0.6) is 5.75 Å². The summed E-state index contributed by atoms with van der Waals surface area (Å²) in [7, 11) is 0. The second kappa shape index (κ2) is 9.96. The van der Waals surface area contributed by atoms with Gasteiger partial charge in [-0.3, -0.25) is 9.59 Å². The molecule has 0 radical (unpaired) electrons. The lowest BCUT2D eigenvalue weighted by Gasteiger charge is -2.37. The number of phenols is 1. The summed E-state index contributed by atoms with van der Waals surface area (Å²) in [5, 5.41) is 15.9. The van der Waals surface area contributed by atoms with Crippen molar-refractivity contribution in [3.05, 3.63) is 77.2 Å². The Morgan fingerprint density at radius 1 is 1.14 bits per heavy atom. The summed E-state index contributed by atoms with van der Waals surface area (Å²) in [5.41, 5.74) is 2.19. The van der Waals surface area contributed by atoms with Crippen molar-refractivity contribution >= 4 is 22.8 Å². The quantitative estimate of drug-likeness (QED) is 0.339. The molecule has 0 spiro atoms. The first-order valence-electron chi connectivity index (χ1n) is 14.2. The van der Waals surface area contributed by atoms with Crippen molar-refractivity contribution < 1.29 is 27.9 Å². The van der Waals surface area contributed by atoms with E-state index in [9.17, 15) is 27.9 Å². The Labute approximate surface area is 243 Å². The molecule has 43 heavy (non-hydrogen) atoms. The summed E-state index contributed by atoms with van der Waals surface area (Å²) in [4.78, 5) is 40.4. The number of aromatic nitrogens is 5. The second-order valence-electron chi connectivity index (χ2n) is 11.2. The number of H-pyrrole nitrogens is 1. The molecule has 7 rings (SSSR count). The van der Waals surface area contributed by atoms with E-state index in [0.29, 0.717) is 42.9 Å². The number of imidazole rings is 1. The van der Waals surface area contributed by atoms with Gasteiger partial charge in [0, 0.05) is 44.2 Å². The number of hydrogen-bond acceptors (Lipinski definition) is 6. The van der Waals surface area contributed by atoms with Gasteiger partial charge in [0.2, 0.25) is 5.91 Å². The number of aromatic hydroxyl groups is 1. The van der Waals surface area contributed by atoms with Crippen molar-refractivity contribution in [2.75, 3.05) is 19.6 Å². The minimum absolute atomic E-state index is 0.106. The van der Waals surface area contributed by atoms with Crippen molar-refractivity contribution in [2.45, 2.75) is 50.2 Å². The number of nitrogens with one attached hydrogen (secondary N) is 1. The van der Waals surface area contributed by atoms with Crippen molar-refractivity contribution in [2.24, 2.45) is 0 Å². The first kappa shape index (κ1) is 27.2. The molecule has 1 aliphatic carbocycles. The van der Waals surface area contributed by atoms with Crippen LogP contribution < -0.4 is 0 Å². The number of rotatable bonds is 4. The number of carbonyl (C=O) groups excluding carboxylic acids is 2. The van der Waals surface area contributed by atoms with Crippen LogP contribution in [0.4, 0.5) is 13.2 Å². The second-order valence-corrected chi connectivity index (χ2v) is 11.2. The van der Waals surface area contributed by atoms with Gasteiger partial charge in [0.05, 0.1) is 29.3 Å². The molecule has 2 N–H and O–H groups in total. The molecule has 1 atom stereocenters. The molecule has 2 amide bonds. The Kier molecular flexibility index (Phi) is 6.29. The predicted octanol–water partition coefficient (Wildman–Crippen LogP) is 4.45. The highest BCUT2D eigenvalue weighted by Crippen LogP contribution is 2.42. The topological polar surface area (TPSA) is 120 Å². The number of aromatic amines is 1. The van der Waals surface area contributed by atoms with Crippen LogP contribution in [0.25, 0.3) is 16.7 Å². The Morgan fingerprint density at radius 3 is 2.65 bits per heavy atom. The monoisotopic (exact) mass is 591 g/mol. The maximum Gasteiger partial charge on any atom is 0.420 e. The van der Waals surface area contributed by atoms with E-state index in [2.05, 4.69) is 21.5 Å². The molecular weight excluding hydrogens is 563 g/mol. The number of pyridine rings is 1. The van der Waals surface area contributed by atoms with Crippen LogP contribution in [0, 0.1) is 0 Å². The minimum atomic E-state index is -4.69. The Bertz CT molecular complexity index is 1790. The molecule has 1 fully saturated rings. The zero-order chi connectivity index (χ0) is 30.0. The molecule has 4 aromatic rings. The van der Waals surface area contributed by atoms with Gasteiger partial charge in [0.15, 0.2) is 5.69 Å². The Hall–Kier alpha value is -4.68.